The van der Waals surface area contributed by atoms with Gasteiger partial charge in [0.05, 0.1) is 56.1 Å². The number of nitrogens with zero attached hydrogens (tertiary/aromatic N) is 7. The van der Waals surface area contributed by atoms with Crippen LogP contribution in [0.5, 0.6) is 5.75 Å². The van der Waals surface area contributed by atoms with Crippen molar-refractivity contribution in [2.45, 2.75) is 77.5 Å². The van der Waals surface area contributed by atoms with Gasteiger partial charge in [0.1, 0.15) is 22.4 Å². The molecule has 0 fully saturated rings. The van der Waals surface area contributed by atoms with Gasteiger partial charge >= 0.3 is 11.9 Å². The Bertz CT molecular complexity index is 2100. The first-order valence-corrected chi connectivity index (χ1v) is 18.5. The lowest BCUT2D eigenvalue weighted by atomic mass is 9.81. The van der Waals surface area contributed by atoms with Gasteiger partial charge in [0.15, 0.2) is 0 Å². The fourth-order valence-corrected chi connectivity index (χ4v) is 7.93. The molecule has 1 aliphatic rings. The Kier molecular flexibility index (Phi) is 11.0. The van der Waals surface area contributed by atoms with E-state index in [-0.39, 0.29) is 32.2 Å². The van der Waals surface area contributed by atoms with Crippen molar-refractivity contribution >= 4 is 22.7 Å². The van der Waals surface area contributed by atoms with Crippen molar-refractivity contribution in [2.24, 2.45) is 5.41 Å². The second-order valence-electron chi connectivity index (χ2n) is 13.8. The van der Waals surface area contributed by atoms with Crippen LogP contribution in [0.4, 0.5) is 0 Å². The molecule has 2 atom stereocenters. The van der Waals surface area contributed by atoms with Crippen LogP contribution in [0.25, 0.3) is 0 Å². The third-order valence-corrected chi connectivity index (χ3v) is 11.0. The van der Waals surface area contributed by atoms with Crippen molar-refractivity contribution < 1.29 is 38.4 Å². The Morgan fingerprint density at radius 3 is 2.26 bits per heavy atom. The number of rotatable bonds is 14. The number of carboxylic acid groups (broad SMARTS) is 2. The lowest BCUT2D eigenvalue weighted by molar-refractivity contribution is -0.158. The Labute approximate surface area is 308 Å². The molecular weight excluding hydrogens is 703 g/mol. The van der Waals surface area contributed by atoms with Crippen LogP contribution < -0.4 is 4.74 Å². The molecule has 53 heavy (non-hydrogen) atoms. The number of aromatic nitrogens is 6. The average Bonchev–Trinajstić information content (AvgIpc) is 3.72. The summed E-state index contributed by atoms with van der Waals surface area (Å²) in [5.74, 6) is -1.57. The van der Waals surface area contributed by atoms with E-state index in [1.165, 1.54) is 0 Å². The zero-order valence-electron chi connectivity index (χ0n) is 29.9. The molecule has 3 aromatic carbocycles. The number of ether oxygens (including phenoxy) is 2. The van der Waals surface area contributed by atoms with Gasteiger partial charge in [-0.2, -0.15) is 4.31 Å². The van der Waals surface area contributed by atoms with E-state index in [0.29, 0.717) is 40.7 Å². The largest absolute Gasteiger partial charge is 0.487 e. The van der Waals surface area contributed by atoms with Gasteiger partial charge in [-0.1, -0.05) is 65.0 Å². The van der Waals surface area contributed by atoms with Crippen molar-refractivity contribution in [1.29, 1.82) is 0 Å². The third-order valence-electron chi connectivity index (χ3n) is 9.11. The Balaban J connectivity index is 1.16. The van der Waals surface area contributed by atoms with Crippen molar-refractivity contribution in [3.8, 4) is 5.75 Å². The SMILES string of the molecule is Cc1ccc(C(OCc2cn(Cc3cccc(Cn4cc(CC(=O)O)nn4)c3)nn2)C(C)(C)C(=O)O)cc1CN1CC(C)Oc2ccccc2S1(O)O. The molecule has 0 spiro atoms. The molecule has 1 aliphatic heterocycles. The van der Waals surface area contributed by atoms with Gasteiger partial charge in [-0.05, 0) is 67.6 Å². The molecule has 0 amide bonds. The maximum Gasteiger partial charge on any atom is 0.312 e. The van der Waals surface area contributed by atoms with Gasteiger partial charge in [0.2, 0.25) is 0 Å². The third kappa shape index (κ3) is 8.75. The highest BCUT2D eigenvalue weighted by molar-refractivity contribution is 8.22. The molecule has 0 saturated carbocycles. The van der Waals surface area contributed by atoms with Gasteiger partial charge in [0, 0.05) is 12.7 Å². The van der Waals surface area contributed by atoms with E-state index in [9.17, 15) is 23.8 Å². The van der Waals surface area contributed by atoms with E-state index in [2.05, 4.69) is 20.6 Å². The zero-order chi connectivity index (χ0) is 37.9. The molecule has 16 heteroatoms. The number of carbonyl (C=O) groups is 2. The highest BCUT2D eigenvalue weighted by Crippen LogP contribution is 2.57. The maximum absolute atomic E-state index is 12.6. The van der Waals surface area contributed by atoms with Crippen LogP contribution in [-0.4, -0.2) is 78.2 Å². The summed E-state index contributed by atoms with van der Waals surface area (Å²) in [6, 6.07) is 20.3. The molecule has 15 nitrogen and oxygen atoms in total. The maximum atomic E-state index is 12.6. The van der Waals surface area contributed by atoms with Gasteiger partial charge in [-0.15, -0.1) is 21.0 Å². The van der Waals surface area contributed by atoms with Crippen molar-refractivity contribution in [1.82, 2.24) is 34.3 Å². The summed E-state index contributed by atoms with van der Waals surface area (Å²) >= 11 is 0. The minimum absolute atomic E-state index is 0.00605. The summed E-state index contributed by atoms with van der Waals surface area (Å²) in [4.78, 5) is 23.9. The van der Waals surface area contributed by atoms with Crippen molar-refractivity contribution in [3.63, 3.8) is 0 Å². The van der Waals surface area contributed by atoms with Gasteiger partial charge < -0.3 is 19.7 Å². The predicted octanol–water partition coefficient (Wildman–Crippen LogP) is 5.58. The zero-order valence-corrected chi connectivity index (χ0v) is 30.7. The molecule has 2 unspecified atom stereocenters. The minimum Gasteiger partial charge on any atom is -0.487 e. The van der Waals surface area contributed by atoms with Crippen LogP contribution in [0, 0.1) is 12.3 Å². The first-order chi connectivity index (χ1) is 25.2. The molecule has 3 heterocycles. The summed E-state index contributed by atoms with van der Waals surface area (Å²) in [6.45, 7) is 8.29. The predicted molar refractivity (Wildman–Crippen MR) is 194 cm³/mol. The second-order valence-corrected chi connectivity index (χ2v) is 15.8. The van der Waals surface area contributed by atoms with Crippen molar-refractivity contribution in [3.05, 3.63) is 118 Å². The summed E-state index contributed by atoms with van der Waals surface area (Å²) in [6.07, 6.45) is 1.97. The molecule has 0 aliphatic carbocycles. The highest BCUT2D eigenvalue weighted by Gasteiger charge is 2.40. The van der Waals surface area contributed by atoms with E-state index < -0.39 is 34.2 Å². The lowest BCUT2D eigenvalue weighted by Crippen LogP contribution is -2.34. The van der Waals surface area contributed by atoms with Gasteiger partial charge in [-0.3, -0.25) is 18.7 Å². The first-order valence-electron chi connectivity index (χ1n) is 17.0. The normalized spacial score (nSPS) is 17.0. The smallest absolute Gasteiger partial charge is 0.312 e. The van der Waals surface area contributed by atoms with Gasteiger partial charge in [-0.25, -0.2) is 9.36 Å². The molecule has 5 aromatic rings. The number of aryl methyl sites for hydroxylation is 1. The number of para-hydroxylation sites is 1. The molecule has 0 saturated heterocycles. The average molecular weight is 746 g/mol. The summed E-state index contributed by atoms with van der Waals surface area (Å²) < 4.78 is 40.2. The molecule has 2 aromatic heterocycles. The van der Waals surface area contributed by atoms with Crippen LogP contribution in [0.3, 0.4) is 0 Å². The summed E-state index contributed by atoms with van der Waals surface area (Å²) in [5.41, 5.74) is 3.78. The van der Waals surface area contributed by atoms with Crippen LogP contribution in [0.2, 0.25) is 0 Å². The number of benzene rings is 3. The molecular formula is C37H43N7O8S. The highest BCUT2D eigenvalue weighted by atomic mass is 32.3. The molecule has 4 N–H and O–H groups in total. The standard InChI is InChI=1S/C37H43N7O8S/c1-24-12-13-28(15-29(24)20-44-17-25(2)52-32-10-5-6-11-33(32)53(44,49)50)35(37(3,4)36(47)48)51-23-31-22-43(41-39-31)19-27-9-7-8-26(14-27)18-42-21-30(38-40-42)16-34(45)46/h5-15,21-22,25,35,49-50H,16-20,23H2,1-4H3,(H,45,46)(H,47,48). The van der Waals surface area contributed by atoms with E-state index in [0.717, 1.165) is 22.3 Å². The van der Waals surface area contributed by atoms with E-state index in [1.807, 2.05) is 56.3 Å². The lowest BCUT2D eigenvalue weighted by Gasteiger charge is -2.42. The van der Waals surface area contributed by atoms with Gasteiger partial charge in [0.25, 0.3) is 0 Å². The van der Waals surface area contributed by atoms with Crippen molar-refractivity contribution in [2.75, 3.05) is 6.54 Å². The number of hydrogen-bond acceptors (Lipinski definition) is 11. The number of carboxylic acids is 2. The van der Waals surface area contributed by atoms with E-state index in [1.54, 1.807) is 64.2 Å². The van der Waals surface area contributed by atoms with E-state index >= 15 is 0 Å². The second kappa shape index (κ2) is 15.5. The topological polar surface area (TPSA) is 198 Å². The Hall–Kier alpha value is -5.13. The van der Waals surface area contributed by atoms with Crippen LogP contribution in [-0.2, 0) is 47.0 Å². The molecule has 0 bridgehead atoms. The molecule has 0 radical (unpaired) electrons. The quantitative estimate of drug-likeness (QED) is 0.110. The van der Waals surface area contributed by atoms with E-state index in [4.69, 9.17) is 14.6 Å². The minimum atomic E-state index is -3.39. The van der Waals surface area contributed by atoms with Crippen LogP contribution >= 0.6 is 10.8 Å². The Morgan fingerprint density at radius 1 is 0.925 bits per heavy atom. The molecule has 6 rings (SSSR count). The Morgan fingerprint density at radius 2 is 1.58 bits per heavy atom. The monoisotopic (exact) mass is 745 g/mol. The van der Waals surface area contributed by atoms with Crippen LogP contribution in [0.15, 0.2) is 84.0 Å². The molecule has 280 valence electrons. The fraction of sp³-hybridized carbons (Fsp3) is 0.351. The first kappa shape index (κ1) is 37.6. The summed E-state index contributed by atoms with van der Waals surface area (Å²) in [7, 11) is -3.39. The summed E-state index contributed by atoms with van der Waals surface area (Å²) in [5, 5.41) is 35.7. The number of hydrogen-bond donors (Lipinski definition) is 4. The van der Waals surface area contributed by atoms with Crippen LogP contribution in [0.1, 0.15) is 66.1 Å². The number of aliphatic carboxylic acids is 2. The fourth-order valence-electron chi connectivity index (χ4n) is 6.26. The number of fused-ring (bicyclic) bond motifs is 1.